The van der Waals surface area contributed by atoms with Gasteiger partial charge in [-0.15, -0.1) is 0 Å². The summed E-state index contributed by atoms with van der Waals surface area (Å²) in [7, 11) is -3.79. The fourth-order valence-electron chi connectivity index (χ4n) is 4.21. The Morgan fingerprint density at radius 2 is 1.25 bits per heavy atom. The Balaban J connectivity index is 0.000000233. The third-order valence-corrected chi connectivity index (χ3v) is 8.21. The van der Waals surface area contributed by atoms with Gasteiger partial charge >= 0.3 is 12.2 Å². The normalized spacial score (nSPS) is 12.9. The molecule has 1 heterocycles. The van der Waals surface area contributed by atoms with Crippen LogP contribution in [0.25, 0.3) is 0 Å². The highest BCUT2D eigenvalue weighted by molar-refractivity contribution is 7.86. The molecular formula is C37H36N4O9S. The third-order valence-electron chi connectivity index (χ3n) is 7.01. The number of hydrogen-bond donors (Lipinski definition) is 1. The Bertz CT molecular complexity index is 1880. The van der Waals surface area contributed by atoms with E-state index in [2.05, 4.69) is 11.4 Å². The number of alkyl carbamates (subject to hydrolysis) is 1. The highest BCUT2D eigenvalue weighted by Crippen LogP contribution is 2.21. The van der Waals surface area contributed by atoms with E-state index in [-0.39, 0.29) is 50.9 Å². The van der Waals surface area contributed by atoms with Crippen molar-refractivity contribution in [3.63, 3.8) is 0 Å². The molecule has 13 nitrogen and oxygen atoms in total. The van der Waals surface area contributed by atoms with E-state index in [0.29, 0.717) is 35.8 Å². The average molecular weight is 713 g/mol. The number of carbonyl (C=O) groups is 2. The molecule has 2 amide bonds. The molecule has 14 heteroatoms. The summed E-state index contributed by atoms with van der Waals surface area (Å²) in [6.07, 6.45) is -0.976. The molecule has 1 unspecified atom stereocenters. The monoisotopic (exact) mass is 712 g/mol. The smallest absolute Gasteiger partial charge is 0.410 e. The van der Waals surface area contributed by atoms with Gasteiger partial charge in [0.2, 0.25) is 0 Å². The van der Waals surface area contributed by atoms with Crippen molar-refractivity contribution >= 4 is 22.3 Å². The first-order valence-electron chi connectivity index (χ1n) is 15.8. The van der Waals surface area contributed by atoms with Crippen LogP contribution in [-0.2, 0) is 37.0 Å². The van der Waals surface area contributed by atoms with Crippen LogP contribution in [0, 0.1) is 22.7 Å². The molecular weight excluding hydrogens is 676 g/mol. The van der Waals surface area contributed by atoms with Gasteiger partial charge in [0, 0.05) is 13.1 Å². The van der Waals surface area contributed by atoms with Crippen LogP contribution in [0.3, 0.4) is 0 Å². The van der Waals surface area contributed by atoms with Crippen molar-refractivity contribution in [2.75, 3.05) is 38.7 Å². The largest absolute Gasteiger partial charge is 0.492 e. The van der Waals surface area contributed by atoms with E-state index in [1.807, 2.05) is 66.7 Å². The second-order valence-electron chi connectivity index (χ2n) is 10.9. The fourth-order valence-corrected chi connectivity index (χ4v) is 4.95. The van der Waals surface area contributed by atoms with E-state index in [1.54, 1.807) is 53.4 Å². The number of rotatable bonds is 15. The molecule has 1 atom stereocenters. The van der Waals surface area contributed by atoms with Crippen LogP contribution >= 0.6 is 0 Å². The van der Waals surface area contributed by atoms with Crippen molar-refractivity contribution in [2.24, 2.45) is 0 Å². The summed E-state index contributed by atoms with van der Waals surface area (Å²) in [6.45, 7) is 1.15. The van der Waals surface area contributed by atoms with E-state index in [4.69, 9.17) is 33.7 Å². The first-order valence-corrected chi connectivity index (χ1v) is 17.4. The summed E-state index contributed by atoms with van der Waals surface area (Å²) in [6, 6.07) is 36.0. The van der Waals surface area contributed by atoms with Crippen molar-refractivity contribution in [3.8, 4) is 23.6 Å². The number of amides is 2. The van der Waals surface area contributed by atoms with Crippen molar-refractivity contribution in [3.05, 3.63) is 131 Å². The minimum atomic E-state index is -3.79. The summed E-state index contributed by atoms with van der Waals surface area (Å²) in [5.74, 6) is 0.802. The van der Waals surface area contributed by atoms with E-state index < -0.39 is 16.2 Å². The van der Waals surface area contributed by atoms with Crippen LogP contribution in [-0.4, -0.2) is 70.2 Å². The molecule has 0 radical (unpaired) electrons. The minimum absolute atomic E-state index is 0.0106. The van der Waals surface area contributed by atoms with Gasteiger partial charge in [-0.2, -0.15) is 18.9 Å². The average Bonchev–Trinajstić information content (AvgIpc) is 3.95. The van der Waals surface area contributed by atoms with E-state index in [0.717, 1.165) is 11.1 Å². The van der Waals surface area contributed by atoms with Gasteiger partial charge in [0.25, 0.3) is 10.1 Å². The minimum Gasteiger partial charge on any atom is -0.492 e. The molecule has 4 aromatic carbocycles. The van der Waals surface area contributed by atoms with Crippen LogP contribution < -0.4 is 14.8 Å². The van der Waals surface area contributed by atoms with E-state index >= 15 is 0 Å². The summed E-state index contributed by atoms with van der Waals surface area (Å²) in [5, 5.41) is 19.9. The van der Waals surface area contributed by atoms with Gasteiger partial charge in [0.05, 0.1) is 35.9 Å². The molecule has 1 saturated heterocycles. The predicted molar refractivity (Wildman–Crippen MR) is 185 cm³/mol. The zero-order valence-electron chi connectivity index (χ0n) is 27.6. The lowest BCUT2D eigenvalue weighted by molar-refractivity contribution is 0.120. The van der Waals surface area contributed by atoms with Gasteiger partial charge in [-0.3, -0.25) is 9.08 Å². The number of hydrogen-bond acceptors (Lipinski definition) is 11. The second kappa shape index (κ2) is 19.8. The molecule has 4 aromatic rings. The van der Waals surface area contributed by atoms with Gasteiger partial charge < -0.3 is 24.3 Å². The molecule has 0 bridgehead atoms. The molecule has 0 saturated carbocycles. The molecule has 264 valence electrons. The fraction of sp³-hybridized carbons (Fsp3) is 0.243. The predicted octanol–water partition coefficient (Wildman–Crippen LogP) is 5.17. The molecule has 51 heavy (non-hydrogen) atoms. The number of nitriles is 2. The van der Waals surface area contributed by atoms with Crippen LogP contribution in [0.2, 0.25) is 0 Å². The summed E-state index contributed by atoms with van der Waals surface area (Å²) >= 11 is 0. The van der Waals surface area contributed by atoms with Crippen LogP contribution in [0.15, 0.2) is 109 Å². The maximum absolute atomic E-state index is 11.9. The molecule has 1 N–H and O–H groups in total. The molecule has 0 spiro atoms. The highest BCUT2D eigenvalue weighted by Gasteiger charge is 2.40. The van der Waals surface area contributed by atoms with Gasteiger partial charge in [-0.1, -0.05) is 60.7 Å². The maximum atomic E-state index is 11.9. The zero-order valence-corrected chi connectivity index (χ0v) is 28.4. The molecule has 0 aromatic heterocycles. The van der Waals surface area contributed by atoms with E-state index in [1.165, 1.54) is 0 Å². The number of nitrogens with zero attached hydrogens (tertiary/aromatic N) is 3. The van der Waals surface area contributed by atoms with E-state index in [9.17, 15) is 18.0 Å². The van der Waals surface area contributed by atoms with Gasteiger partial charge in [-0.25, -0.2) is 9.59 Å². The standard InChI is InChI=1S/C19H20N2O6S.C18H16N2O3/c20-14-16-6-8-18(9-7-16)25-12-13-28(23,24)27-11-10-21-19(22)26-15-17-4-2-1-3-5-17;19-10-14-6-8-17(9-7-14)22-13-16-11-20(16)18(21)23-12-15-4-2-1-3-5-15/h1-9H,10-13,15H2,(H,21,22);1-9,16H,11-13H2. The van der Waals surface area contributed by atoms with Gasteiger partial charge in [-0.05, 0) is 59.7 Å². The summed E-state index contributed by atoms with van der Waals surface area (Å²) in [4.78, 5) is 25.1. The molecule has 1 aliphatic heterocycles. The van der Waals surface area contributed by atoms with Crippen molar-refractivity contribution in [1.82, 2.24) is 10.2 Å². The lowest BCUT2D eigenvalue weighted by atomic mass is 10.2. The Kier molecular flexibility index (Phi) is 14.6. The van der Waals surface area contributed by atoms with Gasteiger partial charge in [0.1, 0.15) is 43.7 Å². The lowest BCUT2D eigenvalue weighted by Gasteiger charge is -2.09. The van der Waals surface area contributed by atoms with Crippen molar-refractivity contribution < 1.29 is 41.1 Å². The zero-order chi connectivity index (χ0) is 36.3. The summed E-state index contributed by atoms with van der Waals surface area (Å²) in [5.41, 5.74) is 2.89. The lowest BCUT2D eigenvalue weighted by Crippen LogP contribution is -2.29. The third kappa shape index (κ3) is 14.1. The number of nitrogens with one attached hydrogen (secondary N) is 1. The van der Waals surface area contributed by atoms with Crippen molar-refractivity contribution in [2.45, 2.75) is 19.3 Å². The molecule has 0 aliphatic carbocycles. The second-order valence-corrected chi connectivity index (χ2v) is 12.6. The quantitative estimate of drug-likeness (QED) is 0.0978. The number of ether oxygens (including phenoxy) is 4. The Hall–Kier alpha value is -6.09. The Morgan fingerprint density at radius 3 is 1.80 bits per heavy atom. The maximum Gasteiger partial charge on any atom is 0.410 e. The first-order chi connectivity index (χ1) is 24.7. The van der Waals surface area contributed by atoms with Gasteiger partial charge in [0.15, 0.2) is 0 Å². The Morgan fingerprint density at radius 1 is 0.725 bits per heavy atom. The number of benzene rings is 4. The molecule has 1 aliphatic rings. The SMILES string of the molecule is N#Cc1ccc(OCC2CN2C(=O)OCc2ccccc2)cc1.N#Cc1ccc(OCCS(=O)(=O)OCCNC(=O)OCc2ccccc2)cc1. The van der Waals surface area contributed by atoms with Crippen LogP contribution in [0.5, 0.6) is 11.5 Å². The molecule has 5 rings (SSSR count). The Labute approximate surface area is 296 Å². The highest BCUT2D eigenvalue weighted by atomic mass is 32.2. The number of carbonyl (C=O) groups excluding carboxylic acids is 2. The summed E-state index contributed by atoms with van der Waals surface area (Å²) < 4.78 is 49.5. The van der Waals surface area contributed by atoms with Crippen LogP contribution in [0.4, 0.5) is 9.59 Å². The molecule has 1 fully saturated rings. The first kappa shape index (κ1) is 37.7. The van der Waals surface area contributed by atoms with Crippen LogP contribution in [0.1, 0.15) is 22.3 Å². The van der Waals surface area contributed by atoms with Crippen molar-refractivity contribution in [1.29, 1.82) is 10.5 Å². The topological polar surface area (TPSA) is 177 Å².